The molecule has 96 valence electrons. The summed E-state index contributed by atoms with van der Waals surface area (Å²) < 4.78 is 5.83. The maximum atomic E-state index is 11.0. The van der Waals surface area contributed by atoms with Crippen LogP contribution in [0.4, 0.5) is 0 Å². The first-order chi connectivity index (χ1) is 9.17. The second kappa shape index (κ2) is 7.85. The Morgan fingerprint density at radius 1 is 1.47 bits per heavy atom. The molecule has 0 aromatic heterocycles. The summed E-state index contributed by atoms with van der Waals surface area (Å²) in [6.45, 7) is -0.0315. The summed E-state index contributed by atoms with van der Waals surface area (Å²) in [5, 5.41) is 20.4. The predicted octanol–water partition coefficient (Wildman–Crippen LogP) is 1.72. The summed E-state index contributed by atoms with van der Waals surface area (Å²) in [5.41, 5.74) is 2.95. The summed E-state index contributed by atoms with van der Waals surface area (Å²) in [6, 6.07) is 8.72. The third kappa shape index (κ3) is 5.19. The Balaban J connectivity index is 2.64. The Morgan fingerprint density at radius 2 is 2.26 bits per heavy atom. The molecule has 0 bridgehead atoms. The highest BCUT2D eigenvalue weighted by atomic mass is 79.9. The van der Waals surface area contributed by atoms with Crippen molar-refractivity contribution in [2.75, 3.05) is 6.61 Å². The Labute approximate surface area is 118 Å². The molecule has 0 aliphatic carbocycles. The molecule has 0 spiro atoms. The van der Waals surface area contributed by atoms with Gasteiger partial charge in [-0.1, -0.05) is 0 Å². The monoisotopic (exact) mass is 320 g/mol. The molecule has 0 fully saturated rings. The second-order valence-electron chi connectivity index (χ2n) is 3.26. The molecule has 0 radical (unpaired) electrons. The molecular weight excluding hydrogens is 312 g/mol. The minimum Gasteiger partial charge on any atom is -0.478 e. The minimum atomic E-state index is -0.466. The number of hydrogen-bond donors (Lipinski definition) is 1. The van der Waals surface area contributed by atoms with Gasteiger partial charge >= 0.3 is 0 Å². The Morgan fingerprint density at radius 3 is 2.89 bits per heavy atom. The lowest BCUT2D eigenvalue weighted by Crippen LogP contribution is -2.16. The number of hydrogen-bond acceptors (Lipinski definition) is 5. The van der Waals surface area contributed by atoms with Crippen LogP contribution in [0.1, 0.15) is 12.0 Å². The van der Waals surface area contributed by atoms with Crippen LogP contribution in [0.15, 0.2) is 27.8 Å². The first kappa shape index (κ1) is 14.7. The maximum Gasteiger partial charge on any atom is 0.254 e. The van der Waals surface area contributed by atoms with Crippen molar-refractivity contribution in [3.05, 3.63) is 28.2 Å². The van der Waals surface area contributed by atoms with Gasteiger partial charge in [0.15, 0.2) is 6.61 Å². The van der Waals surface area contributed by atoms with E-state index in [9.17, 15) is 4.79 Å². The summed E-state index contributed by atoms with van der Waals surface area (Å²) in [6.07, 6.45) is 1.20. The molecule has 1 N–H and O–H groups in total. The van der Waals surface area contributed by atoms with Crippen molar-refractivity contribution >= 4 is 28.1 Å². The van der Waals surface area contributed by atoms with Crippen LogP contribution in [0, 0.1) is 22.7 Å². The number of halogens is 1. The van der Waals surface area contributed by atoms with Gasteiger partial charge in [0.2, 0.25) is 0 Å². The molecule has 0 saturated carbocycles. The summed E-state index contributed by atoms with van der Waals surface area (Å²) in [4.78, 5) is 11.0. The van der Waals surface area contributed by atoms with E-state index in [0.717, 1.165) is 5.56 Å². The Kier molecular flexibility index (Phi) is 6.07. The third-order valence-corrected chi connectivity index (χ3v) is 2.51. The predicted molar refractivity (Wildman–Crippen MR) is 71.2 cm³/mol. The smallest absolute Gasteiger partial charge is 0.254 e. The van der Waals surface area contributed by atoms with Crippen molar-refractivity contribution in [3.63, 3.8) is 0 Å². The van der Waals surface area contributed by atoms with Crippen LogP contribution in [-0.2, 0) is 4.79 Å². The van der Waals surface area contributed by atoms with Gasteiger partial charge in [0.1, 0.15) is 18.2 Å². The zero-order valence-electron chi connectivity index (χ0n) is 9.76. The highest BCUT2D eigenvalue weighted by Crippen LogP contribution is 2.25. The van der Waals surface area contributed by atoms with E-state index in [1.807, 2.05) is 6.07 Å². The first-order valence-electron chi connectivity index (χ1n) is 5.15. The number of carbonyl (C=O) groups is 1. The van der Waals surface area contributed by atoms with E-state index in [2.05, 4.69) is 26.5 Å². The summed E-state index contributed by atoms with van der Waals surface area (Å²) in [5.74, 6) is 0.0824. The van der Waals surface area contributed by atoms with Crippen molar-refractivity contribution in [2.24, 2.45) is 5.10 Å². The molecule has 0 atom stereocenters. The highest BCUT2D eigenvalue weighted by molar-refractivity contribution is 9.10. The Hall–Kier alpha value is -2.38. The number of rotatable bonds is 5. The zero-order chi connectivity index (χ0) is 14.1. The number of nitrogens with one attached hydrogen (secondary N) is 1. The fourth-order valence-electron chi connectivity index (χ4n) is 1.11. The molecule has 0 aliphatic rings. The molecule has 19 heavy (non-hydrogen) atoms. The number of ether oxygens (including phenoxy) is 1. The van der Waals surface area contributed by atoms with Crippen molar-refractivity contribution in [1.29, 1.82) is 10.5 Å². The molecular formula is C12H9BrN4O2. The molecule has 1 rings (SSSR count). The Bertz CT molecular complexity index is 572. The number of nitriles is 2. The molecule has 1 aromatic rings. The molecule has 1 amide bonds. The number of benzene rings is 1. The number of hydrazone groups is 1. The topological polar surface area (TPSA) is 98.3 Å². The first-order valence-corrected chi connectivity index (χ1v) is 5.95. The van der Waals surface area contributed by atoms with Gasteiger partial charge in [-0.3, -0.25) is 4.79 Å². The fraction of sp³-hybridized carbons (Fsp3) is 0.167. The lowest BCUT2D eigenvalue weighted by Gasteiger charge is -2.04. The van der Waals surface area contributed by atoms with Gasteiger partial charge < -0.3 is 4.74 Å². The van der Waals surface area contributed by atoms with Gasteiger partial charge in [-0.15, -0.1) is 0 Å². The molecule has 0 unspecified atom stereocenters. The lowest BCUT2D eigenvalue weighted by molar-refractivity contribution is -0.120. The lowest BCUT2D eigenvalue weighted by atomic mass is 10.2. The fourth-order valence-corrected chi connectivity index (χ4v) is 1.63. The minimum absolute atomic E-state index is 0.0315. The van der Waals surface area contributed by atoms with Crippen LogP contribution < -0.4 is 10.2 Å². The third-order valence-electron chi connectivity index (χ3n) is 1.89. The molecule has 1 aromatic carbocycles. The van der Waals surface area contributed by atoms with Crippen LogP contribution in [-0.4, -0.2) is 18.7 Å². The van der Waals surface area contributed by atoms with Crippen LogP contribution >= 0.6 is 15.9 Å². The van der Waals surface area contributed by atoms with Crippen molar-refractivity contribution in [2.45, 2.75) is 6.42 Å². The van der Waals surface area contributed by atoms with Gasteiger partial charge in [-0.25, -0.2) is 5.43 Å². The van der Waals surface area contributed by atoms with Gasteiger partial charge in [0.25, 0.3) is 5.91 Å². The molecule has 7 heteroatoms. The SMILES string of the molecule is N#CCOc1ccc(C=NNC(=O)CC#N)cc1Br. The second-order valence-corrected chi connectivity index (χ2v) is 4.12. The van der Waals surface area contributed by atoms with Gasteiger partial charge in [0, 0.05) is 0 Å². The van der Waals surface area contributed by atoms with E-state index in [0.29, 0.717) is 10.2 Å². The maximum absolute atomic E-state index is 11.0. The van der Waals surface area contributed by atoms with Crippen LogP contribution in [0.3, 0.4) is 0 Å². The summed E-state index contributed by atoms with van der Waals surface area (Å²) in [7, 11) is 0. The van der Waals surface area contributed by atoms with Crippen LogP contribution in [0.2, 0.25) is 0 Å². The van der Waals surface area contributed by atoms with Crippen molar-refractivity contribution in [1.82, 2.24) is 5.43 Å². The normalized spacial score (nSPS) is 9.63. The van der Waals surface area contributed by atoms with E-state index < -0.39 is 5.91 Å². The van der Waals surface area contributed by atoms with Crippen LogP contribution in [0.25, 0.3) is 0 Å². The van der Waals surface area contributed by atoms with E-state index in [-0.39, 0.29) is 13.0 Å². The average Bonchev–Trinajstić information content (AvgIpc) is 2.38. The van der Waals surface area contributed by atoms with E-state index in [4.69, 9.17) is 15.3 Å². The van der Waals surface area contributed by atoms with E-state index in [1.165, 1.54) is 6.21 Å². The zero-order valence-corrected chi connectivity index (χ0v) is 11.3. The van der Waals surface area contributed by atoms with E-state index >= 15 is 0 Å². The number of carbonyl (C=O) groups excluding carboxylic acids is 1. The largest absolute Gasteiger partial charge is 0.478 e. The molecule has 0 aliphatic heterocycles. The van der Waals surface area contributed by atoms with Crippen molar-refractivity contribution in [3.8, 4) is 17.9 Å². The molecule has 0 heterocycles. The number of amides is 1. The van der Waals surface area contributed by atoms with Gasteiger partial charge in [-0.2, -0.15) is 15.6 Å². The van der Waals surface area contributed by atoms with Crippen molar-refractivity contribution < 1.29 is 9.53 Å². The quantitative estimate of drug-likeness (QED) is 0.659. The highest BCUT2D eigenvalue weighted by Gasteiger charge is 2.01. The molecule has 0 saturated heterocycles. The average molecular weight is 321 g/mol. The van der Waals surface area contributed by atoms with Crippen LogP contribution in [0.5, 0.6) is 5.75 Å². The van der Waals surface area contributed by atoms with Gasteiger partial charge in [-0.05, 0) is 39.7 Å². The molecule has 6 nitrogen and oxygen atoms in total. The van der Waals surface area contributed by atoms with E-state index in [1.54, 1.807) is 24.3 Å². The standard InChI is InChI=1S/C12H9BrN4O2/c13-10-7-9(1-2-11(10)19-6-5-15)8-16-17-12(18)3-4-14/h1-2,7-8H,3,6H2,(H,17,18). The van der Waals surface area contributed by atoms with Gasteiger partial charge in [0.05, 0.1) is 16.8 Å². The summed E-state index contributed by atoms with van der Waals surface area (Å²) >= 11 is 3.30. The number of nitrogens with zero attached hydrogens (tertiary/aromatic N) is 3.